The topological polar surface area (TPSA) is 157 Å². The molecule has 7 rings (SSSR count). The fraction of sp³-hybridized carbons (Fsp3) is 0.452. The summed E-state index contributed by atoms with van der Waals surface area (Å²) in [4.78, 5) is 58.8. The highest BCUT2D eigenvalue weighted by atomic mass is 19.1. The van der Waals surface area contributed by atoms with Crippen LogP contribution in [0.1, 0.15) is 72.0 Å². The van der Waals surface area contributed by atoms with E-state index in [1.807, 2.05) is 0 Å². The zero-order valence-electron chi connectivity index (χ0n) is 24.0. The van der Waals surface area contributed by atoms with E-state index in [9.17, 15) is 24.3 Å². The maximum absolute atomic E-state index is 15.1. The van der Waals surface area contributed by atoms with Gasteiger partial charge in [0.05, 0.1) is 41.6 Å². The van der Waals surface area contributed by atoms with E-state index in [1.54, 1.807) is 19.9 Å². The molecule has 224 valence electrons. The molecule has 1 saturated heterocycles. The Labute approximate surface area is 245 Å². The summed E-state index contributed by atoms with van der Waals surface area (Å²) in [6.07, 6.45) is 2.24. The van der Waals surface area contributed by atoms with Crippen molar-refractivity contribution in [1.82, 2.24) is 19.8 Å². The molecule has 3 atom stereocenters. The number of aliphatic hydroxyl groups is 1. The van der Waals surface area contributed by atoms with Crippen molar-refractivity contribution >= 4 is 28.7 Å². The first-order valence-electron chi connectivity index (χ1n) is 14.7. The Morgan fingerprint density at radius 2 is 2.02 bits per heavy atom. The Morgan fingerprint density at radius 3 is 2.77 bits per heavy atom. The van der Waals surface area contributed by atoms with E-state index >= 15 is 4.39 Å². The summed E-state index contributed by atoms with van der Waals surface area (Å²) >= 11 is 0. The van der Waals surface area contributed by atoms with Crippen molar-refractivity contribution in [3.05, 3.63) is 61.7 Å². The quantitative estimate of drug-likeness (QED) is 0.303. The zero-order chi connectivity index (χ0) is 30.4. The second-order valence-electron chi connectivity index (χ2n) is 11.9. The molecule has 0 radical (unpaired) electrons. The summed E-state index contributed by atoms with van der Waals surface area (Å²) in [6.45, 7) is 3.55. The lowest BCUT2D eigenvalue weighted by molar-refractivity contribution is -0.172. The van der Waals surface area contributed by atoms with Crippen molar-refractivity contribution in [2.24, 2.45) is 5.73 Å². The second-order valence-corrected chi connectivity index (χ2v) is 11.9. The highest BCUT2D eigenvalue weighted by Crippen LogP contribution is 2.46. The number of esters is 1. The first kappa shape index (κ1) is 27.7. The van der Waals surface area contributed by atoms with Crippen LogP contribution in [0, 0.1) is 12.7 Å². The molecule has 2 amide bonds. The van der Waals surface area contributed by atoms with Crippen LogP contribution in [0.25, 0.3) is 22.3 Å². The molecule has 11 nitrogen and oxygen atoms in total. The molecular weight excluding hydrogens is 557 g/mol. The van der Waals surface area contributed by atoms with Gasteiger partial charge in [0, 0.05) is 29.1 Å². The lowest BCUT2D eigenvalue weighted by Gasteiger charge is -2.32. The number of nitrogens with one attached hydrogen (secondary N) is 1. The number of ether oxygens (including phenoxy) is 1. The van der Waals surface area contributed by atoms with Gasteiger partial charge in [-0.15, -0.1) is 0 Å². The number of aromatic nitrogens is 2. The monoisotopic (exact) mass is 589 g/mol. The molecule has 3 aromatic rings. The number of hydrogen-bond donors (Lipinski definition) is 3. The maximum atomic E-state index is 15.1. The number of likely N-dealkylation sites (tertiary alicyclic amines) is 1. The molecule has 43 heavy (non-hydrogen) atoms. The Balaban J connectivity index is 1.40. The minimum absolute atomic E-state index is 0.0117. The number of fused-ring (bicyclic) bond motifs is 5. The van der Waals surface area contributed by atoms with Gasteiger partial charge in [0.2, 0.25) is 11.8 Å². The third-order valence-electron chi connectivity index (χ3n) is 9.74. The number of carbonyl (C=O) groups is 3. The Bertz CT molecular complexity index is 1840. The van der Waals surface area contributed by atoms with E-state index in [-0.39, 0.29) is 49.1 Å². The highest BCUT2D eigenvalue weighted by molar-refractivity contribution is 5.95. The third kappa shape index (κ3) is 3.82. The summed E-state index contributed by atoms with van der Waals surface area (Å²) in [7, 11) is 0. The molecule has 0 bridgehead atoms. The Hall–Kier alpha value is -4.16. The van der Waals surface area contributed by atoms with Crippen LogP contribution in [0.5, 0.6) is 0 Å². The van der Waals surface area contributed by atoms with E-state index < -0.39 is 35.0 Å². The van der Waals surface area contributed by atoms with Gasteiger partial charge in [-0.25, -0.2) is 14.2 Å². The number of halogens is 1. The van der Waals surface area contributed by atoms with Crippen LogP contribution >= 0.6 is 0 Å². The highest BCUT2D eigenvalue weighted by Gasteiger charge is 2.46. The number of amides is 2. The average Bonchev–Trinajstić information content (AvgIpc) is 3.64. The molecule has 1 aliphatic carbocycles. The molecule has 1 fully saturated rings. The molecule has 0 unspecified atom stereocenters. The van der Waals surface area contributed by atoms with Gasteiger partial charge in [-0.05, 0) is 61.8 Å². The van der Waals surface area contributed by atoms with Gasteiger partial charge in [-0.1, -0.05) is 6.92 Å². The molecule has 12 heteroatoms. The summed E-state index contributed by atoms with van der Waals surface area (Å²) < 4.78 is 21.9. The maximum Gasteiger partial charge on any atom is 0.343 e. The van der Waals surface area contributed by atoms with Crippen LogP contribution in [0.2, 0.25) is 0 Å². The summed E-state index contributed by atoms with van der Waals surface area (Å²) in [6, 6.07) is 1.89. The van der Waals surface area contributed by atoms with Gasteiger partial charge in [0.15, 0.2) is 5.60 Å². The first-order valence-corrected chi connectivity index (χ1v) is 14.7. The van der Waals surface area contributed by atoms with Crippen molar-refractivity contribution in [1.29, 1.82) is 0 Å². The SMILES string of the molecule is CC[C@@]1(O)C(=O)OCc2c1cc1n(c2=O)Cc2c-1nc1cc(F)c(C)c3c1c2[C@@H](NC(=O)[C@@H]1CCCN1C(=O)CN)CC3. The molecule has 0 saturated carbocycles. The van der Waals surface area contributed by atoms with Crippen LogP contribution in [0.4, 0.5) is 4.39 Å². The predicted molar refractivity (Wildman–Crippen MR) is 152 cm³/mol. The van der Waals surface area contributed by atoms with E-state index in [2.05, 4.69) is 5.32 Å². The van der Waals surface area contributed by atoms with E-state index in [4.69, 9.17) is 15.5 Å². The van der Waals surface area contributed by atoms with Crippen LogP contribution < -0.4 is 16.6 Å². The number of pyridine rings is 2. The van der Waals surface area contributed by atoms with Crippen LogP contribution in [0.15, 0.2) is 16.9 Å². The normalized spacial score (nSPS) is 23.6. The lowest BCUT2D eigenvalue weighted by Crippen LogP contribution is -2.48. The fourth-order valence-corrected chi connectivity index (χ4v) is 7.42. The molecule has 2 aromatic heterocycles. The van der Waals surface area contributed by atoms with Crippen molar-refractivity contribution in [3.63, 3.8) is 0 Å². The molecule has 4 N–H and O–H groups in total. The molecule has 4 aliphatic rings. The standard InChI is InChI=1S/C31H32FN5O6/c1-3-31(42)18-9-23-27-16(12-37(23)29(40)17(18)13-43-30(31)41)26-20(35-28(39)22-5-4-8-36(22)24(38)11-33)7-6-15-14(2)19(32)10-21(34-27)25(15)26/h9-10,20,22,42H,3-8,11-13,33H2,1-2H3,(H,35,39)/t20-,22-,31-/m0/s1. The van der Waals surface area contributed by atoms with Crippen LogP contribution in [-0.2, 0) is 44.3 Å². The fourth-order valence-electron chi connectivity index (χ4n) is 7.42. The average molecular weight is 590 g/mol. The Morgan fingerprint density at radius 1 is 1.23 bits per heavy atom. The number of cyclic esters (lactones) is 1. The number of carbonyl (C=O) groups excluding carboxylic acids is 3. The van der Waals surface area contributed by atoms with Gasteiger partial charge >= 0.3 is 5.97 Å². The van der Waals surface area contributed by atoms with E-state index in [0.29, 0.717) is 54.7 Å². The smallest absolute Gasteiger partial charge is 0.343 e. The van der Waals surface area contributed by atoms with E-state index in [1.165, 1.54) is 15.5 Å². The molecule has 5 heterocycles. The molecule has 1 aromatic carbocycles. The Kier molecular flexibility index (Phi) is 6.23. The zero-order valence-corrected chi connectivity index (χ0v) is 24.0. The second kappa shape index (κ2) is 9.68. The largest absolute Gasteiger partial charge is 0.458 e. The van der Waals surface area contributed by atoms with Crippen molar-refractivity contribution < 1.29 is 28.6 Å². The predicted octanol–water partition coefficient (Wildman–Crippen LogP) is 1.58. The summed E-state index contributed by atoms with van der Waals surface area (Å²) in [5, 5.41) is 15.2. The van der Waals surface area contributed by atoms with Crippen molar-refractivity contribution in [2.45, 2.75) is 76.8 Å². The van der Waals surface area contributed by atoms with Gasteiger partial charge in [-0.2, -0.15) is 0 Å². The molecule has 0 spiro atoms. The van der Waals surface area contributed by atoms with E-state index in [0.717, 1.165) is 22.1 Å². The third-order valence-corrected chi connectivity index (χ3v) is 9.74. The van der Waals surface area contributed by atoms with Gasteiger partial charge in [0.25, 0.3) is 5.56 Å². The molecular formula is C31H32FN5O6. The number of aryl methyl sites for hydroxylation is 1. The van der Waals surface area contributed by atoms with Gasteiger partial charge in [-0.3, -0.25) is 14.4 Å². The number of nitrogens with two attached hydrogens (primary N) is 1. The number of hydrogen-bond acceptors (Lipinski definition) is 8. The van der Waals surface area contributed by atoms with Gasteiger partial charge < -0.3 is 30.4 Å². The minimum Gasteiger partial charge on any atom is -0.458 e. The first-order chi connectivity index (χ1) is 20.6. The van der Waals surface area contributed by atoms with Crippen LogP contribution in [0.3, 0.4) is 0 Å². The van der Waals surface area contributed by atoms with Gasteiger partial charge in [0.1, 0.15) is 18.5 Å². The van der Waals surface area contributed by atoms with Crippen molar-refractivity contribution in [2.75, 3.05) is 13.1 Å². The molecule has 3 aliphatic heterocycles. The number of rotatable bonds is 4. The van der Waals surface area contributed by atoms with Crippen molar-refractivity contribution in [3.8, 4) is 11.4 Å². The van der Waals surface area contributed by atoms with Crippen LogP contribution in [-0.4, -0.2) is 56.5 Å². The lowest BCUT2D eigenvalue weighted by atomic mass is 9.81. The number of nitrogens with zero attached hydrogens (tertiary/aromatic N) is 3. The minimum atomic E-state index is -1.97. The number of benzene rings is 1. The summed E-state index contributed by atoms with van der Waals surface area (Å²) in [5.41, 5.74) is 7.68. The summed E-state index contributed by atoms with van der Waals surface area (Å²) in [5.74, 6) is -1.77.